The minimum absolute atomic E-state index is 0.243. The molecule has 0 unspecified atom stereocenters. The second-order valence-corrected chi connectivity index (χ2v) is 8.77. The van der Waals surface area contributed by atoms with Crippen LogP contribution in [0.4, 0.5) is 5.69 Å². The molecule has 0 spiro atoms. The van der Waals surface area contributed by atoms with E-state index < -0.39 is 5.60 Å². The van der Waals surface area contributed by atoms with Crippen LogP contribution in [-0.4, -0.2) is 30.9 Å². The third-order valence-electron chi connectivity index (χ3n) is 4.68. The van der Waals surface area contributed by atoms with Gasteiger partial charge in [-0.3, -0.25) is 0 Å². The smallest absolute Gasteiger partial charge is 0.138 e. The summed E-state index contributed by atoms with van der Waals surface area (Å²) in [6.07, 6.45) is 0. The largest absolute Gasteiger partial charge is 0.484 e. The molecule has 2 aromatic carbocycles. The Morgan fingerprint density at radius 2 is 1.55 bits per heavy atom. The number of benzene rings is 2. The van der Waals surface area contributed by atoms with Gasteiger partial charge in [-0.2, -0.15) is 5.26 Å². The molecule has 0 aliphatic heterocycles. The van der Waals surface area contributed by atoms with Crippen molar-refractivity contribution in [3.8, 4) is 22.9 Å². The molecule has 0 N–H and O–H groups in total. The molecule has 2 aromatic rings. The van der Waals surface area contributed by atoms with Gasteiger partial charge < -0.3 is 14.4 Å². The van der Waals surface area contributed by atoms with Crippen LogP contribution >= 0.6 is 0 Å². The second-order valence-electron chi connectivity index (χ2n) is 8.77. The number of nitriles is 1. The Bertz CT molecular complexity index is 839. The molecule has 156 valence electrons. The molecular weight excluding hydrogens is 360 g/mol. The SMILES string of the molecule is CCN(CC)c1ccc(-c2cccc(OC(C)(C)COC(C)(C)C)c2C#N)cc1. The lowest BCUT2D eigenvalue weighted by Gasteiger charge is -2.31. The molecule has 4 heteroatoms. The average molecular weight is 395 g/mol. The Labute approximate surface area is 176 Å². The van der Waals surface area contributed by atoms with Gasteiger partial charge in [0, 0.05) is 24.3 Å². The van der Waals surface area contributed by atoms with Gasteiger partial charge in [0.2, 0.25) is 0 Å². The summed E-state index contributed by atoms with van der Waals surface area (Å²) in [5.41, 5.74) is 2.82. The van der Waals surface area contributed by atoms with Crippen LogP contribution in [0.1, 0.15) is 54.0 Å². The summed E-state index contributed by atoms with van der Waals surface area (Å²) in [5.74, 6) is 0.584. The van der Waals surface area contributed by atoms with Gasteiger partial charge in [-0.15, -0.1) is 0 Å². The first-order valence-electron chi connectivity index (χ1n) is 10.3. The van der Waals surface area contributed by atoms with Gasteiger partial charge in [0.1, 0.15) is 23.0 Å². The Balaban J connectivity index is 2.31. The van der Waals surface area contributed by atoms with Crippen molar-refractivity contribution in [2.24, 2.45) is 0 Å². The summed E-state index contributed by atoms with van der Waals surface area (Å²) in [7, 11) is 0. The third-order valence-corrected chi connectivity index (χ3v) is 4.68. The Morgan fingerprint density at radius 1 is 0.931 bits per heavy atom. The highest BCUT2D eigenvalue weighted by Crippen LogP contribution is 2.33. The van der Waals surface area contributed by atoms with Crippen molar-refractivity contribution in [2.45, 2.75) is 59.7 Å². The van der Waals surface area contributed by atoms with Crippen LogP contribution in [0.2, 0.25) is 0 Å². The minimum atomic E-state index is -0.551. The van der Waals surface area contributed by atoms with Gasteiger partial charge in [0.15, 0.2) is 0 Å². The summed E-state index contributed by atoms with van der Waals surface area (Å²) < 4.78 is 12.1. The first kappa shape index (κ1) is 22.8. The zero-order valence-corrected chi connectivity index (χ0v) is 18.9. The van der Waals surface area contributed by atoms with Gasteiger partial charge in [0.25, 0.3) is 0 Å². The Hall–Kier alpha value is -2.51. The maximum Gasteiger partial charge on any atom is 0.138 e. The first-order chi connectivity index (χ1) is 13.6. The van der Waals surface area contributed by atoms with Crippen LogP contribution in [0.25, 0.3) is 11.1 Å². The predicted octanol–water partition coefficient (Wildman–Crippen LogP) is 6.04. The Kier molecular flexibility index (Phi) is 7.32. The molecule has 29 heavy (non-hydrogen) atoms. The number of hydrogen-bond acceptors (Lipinski definition) is 4. The molecule has 0 fully saturated rings. The monoisotopic (exact) mass is 394 g/mol. The van der Waals surface area contributed by atoms with E-state index >= 15 is 0 Å². The summed E-state index contributed by atoms with van der Waals surface area (Å²) in [4.78, 5) is 2.30. The van der Waals surface area contributed by atoms with Crippen LogP contribution in [0, 0.1) is 11.3 Å². The zero-order valence-electron chi connectivity index (χ0n) is 18.9. The molecule has 0 radical (unpaired) electrons. The fourth-order valence-electron chi connectivity index (χ4n) is 3.13. The normalized spacial score (nSPS) is 11.8. The fraction of sp³-hybridized carbons (Fsp3) is 0.480. The predicted molar refractivity (Wildman–Crippen MR) is 121 cm³/mol. The molecule has 0 amide bonds. The number of hydrogen-bond donors (Lipinski definition) is 0. The quantitative estimate of drug-likeness (QED) is 0.547. The molecular formula is C25H34N2O2. The lowest BCUT2D eigenvalue weighted by atomic mass is 9.99. The van der Waals surface area contributed by atoms with Crippen molar-refractivity contribution in [3.63, 3.8) is 0 Å². The van der Waals surface area contributed by atoms with E-state index in [4.69, 9.17) is 9.47 Å². The number of rotatable bonds is 8. The van der Waals surface area contributed by atoms with Crippen LogP contribution in [-0.2, 0) is 4.74 Å². The van der Waals surface area contributed by atoms with Gasteiger partial charge in [-0.1, -0.05) is 24.3 Å². The van der Waals surface area contributed by atoms with E-state index in [1.807, 2.05) is 52.8 Å². The van der Waals surface area contributed by atoms with Gasteiger partial charge >= 0.3 is 0 Å². The van der Waals surface area contributed by atoms with E-state index in [0.717, 1.165) is 24.2 Å². The topological polar surface area (TPSA) is 45.5 Å². The van der Waals surface area contributed by atoms with Crippen LogP contribution in [0.5, 0.6) is 5.75 Å². The van der Waals surface area contributed by atoms with Crippen molar-refractivity contribution < 1.29 is 9.47 Å². The molecule has 0 aromatic heterocycles. The van der Waals surface area contributed by atoms with Crippen LogP contribution in [0.15, 0.2) is 42.5 Å². The first-order valence-corrected chi connectivity index (χ1v) is 10.3. The van der Waals surface area contributed by atoms with Crippen molar-refractivity contribution >= 4 is 5.69 Å². The summed E-state index contributed by atoms with van der Waals surface area (Å²) in [6.45, 7) is 16.7. The minimum Gasteiger partial charge on any atom is -0.484 e. The van der Waals surface area contributed by atoms with E-state index in [1.165, 1.54) is 5.69 Å². The summed E-state index contributed by atoms with van der Waals surface area (Å²) in [6, 6.07) is 16.5. The standard InChI is InChI=1S/C25H34N2O2/c1-8-27(9-2)20-15-13-19(14-16-20)21-11-10-12-23(22(21)17-26)29-25(6,7)18-28-24(3,4)5/h10-16H,8-9,18H2,1-7H3. The van der Waals surface area contributed by atoms with Crippen LogP contribution < -0.4 is 9.64 Å². The molecule has 0 bridgehead atoms. The molecule has 4 nitrogen and oxygen atoms in total. The van der Waals surface area contributed by atoms with Gasteiger partial charge in [-0.25, -0.2) is 0 Å². The van der Waals surface area contributed by atoms with Crippen molar-refractivity contribution in [3.05, 3.63) is 48.0 Å². The average Bonchev–Trinajstić information content (AvgIpc) is 2.67. The van der Waals surface area contributed by atoms with Crippen molar-refractivity contribution in [2.75, 3.05) is 24.6 Å². The van der Waals surface area contributed by atoms with Gasteiger partial charge in [0.05, 0.1) is 12.2 Å². The van der Waals surface area contributed by atoms with Crippen molar-refractivity contribution in [1.29, 1.82) is 5.26 Å². The van der Waals surface area contributed by atoms with E-state index in [2.05, 4.69) is 49.1 Å². The van der Waals surface area contributed by atoms with E-state index in [0.29, 0.717) is 17.9 Å². The number of ether oxygens (including phenoxy) is 2. The van der Waals surface area contributed by atoms with E-state index in [-0.39, 0.29) is 5.60 Å². The lowest BCUT2D eigenvalue weighted by molar-refractivity contribution is -0.0723. The second kappa shape index (κ2) is 9.33. The summed E-state index contributed by atoms with van der Waals surface area (Å²) >= 11 is 0. The summed E-state index contributed by atoms with van der Waals surface area (Å²) in [5, 5.41) is 9.87. The highest BCUT2D eigenvalue weighted by molar-refractivity contribution is 5.75. The highest BCUT2D eigenvalue weighted by atomic mass is 16.6. The molecule has 0 saturated carbocycles. The third kappa shape index (κ3) is 6.24. The number of anilines is 1. The molecule has 0 atom stereocenters. The molecule has 0 saturated heterocycles. The van der Waals surface area contributed by atoms with Crippen molar-refractivity contribution in [1.82, 2.24) is 0 Å². The maximum absolute atomic E-state index is 9.87. The molecule has 2 rings (SSSR count). The van der Waals surface area contributed by atoms with Crippen LogP contribution in [0.3, 0.4) is 0 Å². The Morgan fingerprint density at radius 3 is 2.07 bits per heavy atom. The molecule has 0 aliphatic rings. The zero-order chi connectivity index (χ0) is 21.7. The molecule has 0 aliphatic carbocycles. The fourth-order valence-corrected chi connectivity index (χ4v) is 3.13. The maximum atomic E-state index is 9.87. The lowest BCUT2D eigenvalue weighted by Crippen LogP contribution is -2.38. The van der Waals surface area contributed by atoms with E-state index in [9.17, 15) is 5.26 Å². The molecule has 0 heterocycles. The number of nitrogens with zero attached hydrogens (tertiary/aromatic N) is 2. The highest BCUT2D eigenvalue weighted by Gasteiger charge is 2.25. The van der Waals surface area contributed by atoms with Gasteiger partial charge in [-0.05, 0) is 72.2 Å². The van der Waals surface area contributed by atoms with E-state index in [1.54, 1.807) is 0 Å².